The van der Waals surface area contributed by atoms with Crippen molar-refractivity contribution in [1.82, 2.24) is 4.57 Å². The van der Waals surface area contributed by atoms with Crippen LogP contribution in [0.4, 0.5) is 17.1 Å². The molecule has 0 spiro atoms. The minimum atomic E-state index is 1.08. The van der Waals surface area contributed by atoms with Crippen molar-refractivity contribution in [2.24, 2.45) is 0 Å². The van der Waals surface area contributed by atoms with Crippen LogP contribution < -0.4 is 4.90 Å². The van der Waals surface area contributed by atoms with E-state index in [0.717, 1.165) is 28.3 Å². The minimum Gasteiger partial charge on any atom is -0.310 e. The third kappa shape index (κ3) is 6.44. The zero-order valence-corrected chi connectivity index (χ0v) is 35.1. The molecule has 0 atom stereocenters. The molecule has 0 N–H and O–H groups in total. The van der Waals surface area contributed by atoms with E-state index in [2.05, 4.69) is 264 Å². The molecule has 0 aliphatic rings. The van der Waals surface area contributed by atoms with Gasteiger partial charge in [-0.3, -0.25) is 0 Å². The summed E-state index contributed by atoms with van der Waals surface area (Å²) < 4.78 is 2.44. The van der Waals surface area contributed by atoms with Crippen LogP contribution in [0.1, 0.15) is 0 Å². The summed E-state index contributed by atoms with van der Waals surface area (Å²) in [5.74, 6) is 0. The Bertz CT molecular complexity index is 3600. The first-order valence-electron chi connectivity index (χ1n) is 22.0. The van der Waals surface area contributed by atoms with Crippen LogP contribution in [-0.4, -0.2) is 4.57 Å². The predicted molar refractivity (Wildman–Crippen MR) is 272 cm³/mol. The SMILES string of the molecule is c1ccc(-c2c(-c3ccc(N(c4ccc(-c5ccc6ccccc6c5)cc4)c4ccccc4-c4cccc5ccccc45)cc3)cccc2-n2c3ccccc3c3ccccc32)cc1. The average Bonchev–Trinajstić information content (AvgIpc) is 3.71. The molecule has 2 nitrogen and oxygen atoms in total. The van der Waals surface area contributed by atoms with Crippen LogP contribution >= 0.6 is 0 Å². The first-order chi connectivity index (χ1) is 31.8. The molecule has 0 fully saturated rings. The Morgan fingerprint density at radius 1 is 0.281 bits per heavy atom. The zero-order chi connectivity index (χ0) is 42.4. The van der Waals surface area contributed by atoms with Gasteiger partial charge in [0.05, 0.1) is 22.4 Å². The van der Waals surface area contributed by atoms with Crippen LogP contribution in [0, 0.1) is 0 Å². The Kier molecular flexibility index (Phi) is 9.20. The molecule has 0 aliphatic heterocycles. The molecular formula is C62H42N2. The summed E-state index contributed by atoms with van der Waals surface area (Å²) >= 11 is 0. The topological polar surface area (TPSA) is 8.17 Å². The summed E-state index contributed by atoms with van der Waals surface area (Å²) in [6.45, 7) is 0. The predicted octanol–water partition coefficient (Wildman–Crippen LogP) is 17.2. The van der Waals surface area contributed by atoms with Gasteiger partial charge in [-0.05, 0) is 110 Å². The quantitative estimate of drug-likeness (QED) is 0.148. The lowest BCUT2D eigenvalue weighted by Gasteiger charge is -2.28. The smallest absolute Gasteiger partial charge is 0.0546 e. The van der Waals surface area contributed by atoms with Gasteiger partial charge < -0.3 is 9.47 Å². The van der Waals surface area contributed by atoms with Crippen molar-refractivity contribution in [1.29, 1.82) is 0 Å². The molecule has 1 aromatic heterocycles. The highest BCUT2D eigenvalue weighted by atomic mass is 15.1. The van der Waals surface area contributed by atoms with Crippen LogP contribution in [0.3, 0.4) is 0 Å². The van der Waals surface area contributed by atoms with Crippen molar-refractivity contribution in [2.75, 3.05) is 4.90 Å². The summed E-state index contributed by atoms with van der Waals surface area (Å²) in [6.07, 6.45) is 0. The van der Waals surface area contributed by atoms with Crippen molar-refractivity contribution in [3.05, 3.63) is 255 Å². The number of para-hydroxylation sites is 3. The standard InChI is InChI=1S/C62H42N2/c1-2-18-47(19-3-1)62-53(26-15-31-61(62)64-59-29-12-9-24-56(59)57-25-10-13-30-60(57)64)46-36-40-51(41-37-46)63(50-38-34-44(35-39-50)49-33-32-43-16-4-5-20-48(43)42-49)58-28-11-8-23-55(58)54-27-14-21-45-17-6-7-22-52(45)54/h1-42H. The Morgan fingerprint density at radius 2 is 0.797 bits per heavy atom. The van der Waals surface area contributed by atoms with Gasteiger partial charge in [0.2, 0.25) is 0 Å². The number of hydrogen-bond donors (Lipinski definition) is 0. The van der Waals surface area contributed by atoms with Crippen molar-refractivity contribution < 1.29 is 0 Å². The van der Waals surface area contributed by atoms with Crippen LogP contribution in [0.5, 0.6) is 0 Å². The van der Waals surface area contributed by atoms with Gasteiger partial charge in [0.1, 0.15) is 0 Å². The summed E-state index contributed by atoms with van der Waals surface area (Å²) in [5.41, 5.74) is 16.3. The van der Waals surface area contributed by atoms with Crippen LogP contribution in [0.15, 0.2) is 255 Å². The van der Waals surface area contributed by atoms with E-state index in [1.165, 1.54) is 82.3 Å². The van der Waals surface area contributed by atoms with Gasteiger partial charge in [-0.15, -0.1) is 0 Å². The summed E-state index contributed by atoms with van der Waals surface area (Å²) in [6, 6.07) is 92.7. The Morgan fingerprint density at radius 3 is 1.53 bits per heavy atom. The molecule has 0 radical (unpaired) electrons. The molecule has 0 aliphatic carbocycles. The first kappa shape index (κ1) is 37.3. The molecule has 0 bridgehead atoms. The molecule has 0 saturated heterocycles. The fourth-order valence-corrected chi connectivity index (χ4v) is 9.80. The number of hydrogen-bond acceptors (Lipinski definition) is 1. The molecule has 12 rings (SSSR count). The zero-order valence-electron chi connectivity index (χ0n) is 35.1. The minimum absolute atomic E-state index is 1.08. The molecule has 11 aromatic carbocycles. The summed E-state index contributed by atoms with van der Waals surface area (Å²) in [7, 11) is 0. The van der Waals surface area contributed by atoms with E-state index in [1.54, 1.807) is 0 Å². The lowest BCUT2D eigenvalue weighted by Crippen LogP contribution is -2.11. The van der Waals surface area contributed by atoms with Gasteiger partial charge in [-0.25, -0.2) is 0 Å². The third-order valence-electron chi connectivity index (χ3n) is 12.8. The number of rotatable bonds is 8. The van der Waals surface area contributed by atoms with Gasteiger partial charge in [-0.2, -0.15) is 0 Å². The Balaban J connectivity index is 1.02. The van der Waals surface area contributed by atoms with E-state index in [4.69, 9.17) is 0 Å². The van der Waals surface area contributed by atoms with E-state index >= 15 is 0 Å². The molecule has 0 unspecified atom stereocenters. The van der Waals surface area contributed by atoms with E-state index < -0.39 is 0 Å². The summed E-state index contributed by atoms with van der Waals surface area (Å²) in [4.78, 5) is 2.41. The number of benzene rings is 11. The summed E-state index contributed by atoms with van der Waals surface area (Å²) in [5, 5.41) is 7.45. The maximum Gasteiger partial charge on any atom is 0.0546 e. The van der Waals surface area contributed by atoms with E-state index in [1.807, 2.05) is 0 Å². The second-order valence-electron chi connectivity index (χ2n) is 16.5. The largest absolute Gasteiger partial charge is 0.310 e. The Hall–Kier alpha value is -8.46. The Labute approximate surface area is 373 Å². The van der Waals surface area contributed by atoms with E-state index in [0.29, 0.717) is 0 Å². The average molecular weight is 815 g/mol. The van der Waals surface area contributed by atoms with Gasteiger partial charge in [0.25, 0.3) is 0 Å². The molecule has 0 amide bonds. The second-order valence-corrected chi connectivity index (χ2v) is 16.5. The fourth-order valence-electron chi connectivity index (χ4n) is 9.80. The monoisotopic (exact) mass is 814 g/mol. The highest BCUT2D eigenvalue weighted by molar-refractivity contribution is 6.10. The van der Waals surface area contributed by atoms with Crippen molar-refractivity contribution in [3.63, 3.8) is 0 Å². The highest BCUT2D eigenvalue weighted by Crippen LogP contribution is 2.45. The van der Waals surface area contributed by atoms with Gasteiger partial charge in [0, 0.05) is 33.3 Å². The van der Waals surface area contributed by atoms with Crippen LogP contribution in [0.25, 0.3) is 93.5 Å². The molecule has 2 heteroatoms. The lowest BCUT2D eigenvalue weighted by atomic mass is 9.92. The van der Waals surface area contributed by atoms with Crippen molar-refractivity contribution in [2.45, 2.75) is 0 Å². The molecule has 300 valence electrons. The number of anilines is 3. The second kappa shape index (κ2) is 15.8. The van der Waals surface area contributed by atoms with Crippen molar-refractivity contribution in [3.8, 4) is 50.2 Å². The normalized spacial score (nSPS) is 11.4. The molecule has 64 heavy (non-hydrogen) atoms. The van der Waals surface area contributed by atoms with Gasteiger partial charge >= 0.3 is 0 Å². The third-order valence-corrected chi connectivity index (χ3v) is 12.8. The number of nitrogens with zero attached hydrogens (tertiary/aromatic N) is 2. The van der Waals surface area contributed by atoms with Crippen LogP contribution in [-0.2, 0) is 0 Å². The van der Waals surface area contributed by atoms with Gasteiger partial charge in [0.15, 0.2) is 0 Å². The van der Waals surface area contributed by atoms with Crippen LogP contribution in [0.2, 0.25) is 0 Å². The lowest BCUT2D eigenvalue weighted by molar-refractivity contribution is 1.18. The maximum absolute atomic E-state index is 2.44. The number of aromatic nitrogens is 1. The van der Waals surface area contributed by atoms with E-state index in [9.17, 15) is 0 Å². The molecular weight excluding hydrogens is 773 g/mol. The number of fused-ring (bicyclic) bond motifs is 5. The fraction of sp³-hybridized carbons (Fsp3) is 0. The first-order valence-corrected chi connectivity index (χ1v) is 22.0. The highest BCUT2D eigenvalue weighted by Gasteiger charge is 2.21. The van der Waals surface area contributed by atoms with E-state index in [-0.39, 0.29) is 0 Å². The maximum atomic E-state index is 2.44. The molecule has 1 heterocycles. The van der Waals surface area contributed by atoms with Gasteiger partial charge in [-0.1, -0.05) is 200 Å². The van der Waals surface area contributed by atoms with Crippen molar-refractivity contribution >= 4 is 60.4 Å². The molecule has 12 aromatic rings. The molecule has 0 saturated carbocycles.